The van der Waals surface area contributed by atoms with Gasteiger partial charge in [-0.2, -0.15) is 0 Å². The molecule has 0 heterocycles. The Balaban J connectivity index is 1.50. The van der Waals surface area contributed by atoms with Crippen LogP contribution in [0, 0.1) is 0 Å². The molecule has 0 aromatic heterocycles. The molecule has 0 heteroatoms. The van der Waals surface area contributed by atoms with Crippen molar-refractivity contribution in [3.8, 4) is 33.4 Å². The van der Waals surface area contributed by atoms with Gasteiger partial charge in [-0.3, -0.25) is 0 Å². The monoisotopic (exact) mass is 496 g/mol. The van der Waals surface area contributed by atoms with Crippen molar-refractivity contribution in [3.63, 3.8) is 0 Å². The van der Waals surface area contributed by atoms with Crippen LogP contribution < -0.4 is 0 Å². The van der Waals surface area contributed by atoms with E-state index in [0.29, 0.717) is 0 Å². The van der Waals surface area contributed by atoms with Gasteiger partial charge in [0.05, 0.1) is 0 Å². The largest absolute Gasteiger partial charge is 0.0622 e. The summed E-state index contributed by atoms with van der Waals surface area (Å²) in [5.41, 5.74) is 10.7. The van der Waals surface area contributed by atoms with Crippen LogP contribution in [0.3, 0.4) is 0 Å². The maximum atomic E-state index is 2.48. The molecule has 7 aromatic carbocycles. The van der Waals surface area contributed by atoms with Gasteiger partial charge in [-0.15, -0.1) is 0 Å². The molecule has 1 aliphatic rings. The van der Waals surface area contributed by atoms with Gasteiger partial charge >= 0.3 is 0 Å². The Morgan fingerprint density at radius 1 is 0.385 bits per heavy atom. The summed E-state index contributed by atoms with van der Waals surface area (Å²) in [5.74, 6) is 0. The standard InChI is InChI=1S/C39H28/c1-39(2)35-22-11-10-16-27(35)34-23-26-15-12-21-32(33(26)24-36(34)39)38-30-19-8-6-17-28(30)37(25-13-4-3-5-14-25)29-18-7-9-20-31(29)38/h3-24H,1-2H3. The lowest BCUT2D eigenvalue weighted by Crippen LogP contribution is -2.14. The fourth-order valence-electron chi connectivity index (χ4n) is 7.03. The maximum Gasteiger partial charge on any atom is 0.0159 e. The molecule has 0 fully saturated rings. The molecule has 0 atom stereocenters. The summed E-state index contributed by atoms with van der Waals surface area (Å²) < 4.78 is 0. The molecular formula is C39H28. The predicted octanol–water partition coefficient (Wildman–Crippen LogP) is 10.8. The van der Waals surface area contributed by atoms with Gasteiger partial charge in [-0.05, 0) is 89.0 Å². The predicted molar refractivity (Wildman–Crippen MR) is 167 cm³/mol. The number of hydrogen-bond acceptors (Lipinski definition) is 0. The van der Waals surface area contributed by atoms with Crippen molar-refractivity contribution in [3.05, 3.63) is 145 Å². The van der Waals surface area contributed by atoms with Crippen LogP contribution in [-0.2, 0) is 5.41 Å². The number of benzene rings is 7. The van der Waals surface area contributed by atoms with Crippen LogP contribution in [-0.4, -0.2) is 0 Å². The molecule has 0 radical (unpaired) electrons. The van der Waals surface area contributed by atoms with Gasteiger partial charge in [0.25, 0.3) is 0 Å². The third-order valence-corrected chi connectivity index (χ3v) is 8.85. The summed E-state index contributed by atoms with van der Waals surface area (Å²) in [4.78, 5) is 0. The lowest BCUT2D eigenvalue weighted by molar-refractivity contribution is 0.661. The molecule has 8 rings (SSSR count). The fraction of sp³-hybridized carbons (Fsp3) is 0.0769. The molecule has 184 valence electrons. The van der Waals surface area contributed by atoms with Crippen LogP contribution in [0.4, 0.5) is 0 Å². The third kappa shape index (κ3) is 3.12. The first-order chi connectivity index (χ1) is 19.1. The first-order valence-electron chi connectivity index (χ1n) is 13.8. The van der Waals surface area contributed by atoms with Crippen LogP contribution in [0.5, 0.6) is 0 Å². The van der Waals surface area contributed by atoms with Crippen molar-refractivity contribution < 1.29 is 0 Å². The van der Waals surface area contributed by atoms with E-state index in [0.717, 1.165) is 0 Å². The van der Waals surface area contributed by atoms with Gasteiger partial charge in [-0.25, -0.2) is 0 Å². The molecule has 39 heavy (non-hydrogen) atoms. The van der Waals surface area contributed by atoms with Crippen molar-refractivity contribution in [1.29, 1.82) is 0 Å². The summed E-state index contributed by atoms with van der Waals surface area (Å²) in [5, 5.41) is 7.79. The second-order valence-electron chi connectivity index (χ2n) is 11.3. The van der Waals surface area contributed by atoms with E-state index in [2.05, 4.69) is 147 Å². The van der Waals surface area contributed by atoms with E-state index in [-0.39, 0.29) is 5.41 Å². The fourth-order valence-corrected chi connectivity index (χ4v) is 7.03. The lowest BCUT2D eigenvalue weighted by atomic mass is 9.80. The average Bonchev–Trinajstić information content (AvgIpc) is 3.21. The Kier molecular flexibility index (Phi) is 4.67. The van der Waals surface area contributed by atoms with E-state index in [1.54, 1.807) is 0 Å². The molecule has 1 aliphatic carbocycles. The Morgan fingerprint density at radius 2 is 0.949 bits per heavy atom. The highest BCUT2D eigenvalue weighted by molar-refractivity contribution is 6.23. The third-order valence-electron chi connectivity index (χ3n) is 8.85. The minimum absolute atomic E-state index is 0.0332. The summed E-state index contributed by atoms with van der Waals surface area (Å²) in [6.45, 7) is 4.73. The van der Waals surface area contributed by atoms with E-state index in [1.165, 1.54) is 76.8 Å². The molecule has 7 aromatic rings. The first-order valence-corrected chi connectivity index (χ1v) is 13.8. The summed E-state index contributed by atoms with van der Waals surface area (Å²) in [7, 11) is 0. The second kappa shape index (κ2) is 8.16. The van der Waals surface area contributed by atoms with Crippen molar-refractivity contribution in [2.75, 3.05) is 0 Å². The van der Waals surface area contributed by atoms with Gasteiger partial charge in [0.15, 0.2) is 0 Å². The number of fused-ring (bicyclic) bond motifs is 6. The highest BCUT2D eigenvalue weighted by Gasteiger charge is 2.35. The highest BCUT2D eigenvalue weighted by atomic mass is 14.4. The number of rotatable bonds is 2. The minimum atomic E-state index is -0.0332. The lowest BCUT2D eigenvalue weighted by Gasteiger charge is -2.23. The second-order valence-corrected chi connectivity index (χ2v) is 11.3. The molecule has 0 aliphatic heterocycles. The minimum Gasteiger partial charge on any atom is -0.0622 e. The van der Waals surface area contributed by atoms with Gasteiger partial charge in [0, 0.05) is 5.41 Å². The van der Waals surface area contributed by atoms with Crippen LogP contribution in [0.15, 0.2) is 133 Å². The zero-order chi connectivity index (χ0) is 26.1. The Bertz CT molecular complexity index is 2020. The highest BCUT2D eigenvalue weighted by Crippen LogP contribution is 2.51. The van der Waals surface area contributed by atoms with Crippen LogP contribution in [0.25, 0.3) is 65.7 Å². The Hall–Kier alpha value is -4.68. The van der Waals surface area contributed by atoms with Gasteiger partial charge in [0.1, 0.15) is 0 Å². The normalized spacial score (nSPS) is 13.6. The van der Waals surface area contributed by atoms with E-state index >= 15 is 0 Å². The van der Waals surface area contributed by atoms with E-state index in [9.17, 15) is 0 Å². The Labute approximate surface area is 229 Å². The van der Waals surface area contributed by atoms with E-state index < -0.39 is 0 Å². The zero-order valence-corrected chi connectivity index (χ0v) is 22.2. The molecule has 0 N–H and O–H groups in total. The molecule has 0 amide bonds. The SMILES string of the molecule is CC1(C)c2ccccc2-c2cc3cccc(-c4c5ccccc5c(-c5ccccc5)c5ccccc45)c3cc21. The molecule has 0 saturated heterocycles. The van der Waals surface area contributed by atoms with Crippen molar-refractivity contribution in [1.82, 2.24) is 0 Å². The van der Waals surface area contributed by atoms with Crippen LogP contribution >= 0.6 is 0 Å². The molecular weight excluding hydrogens is 468 g/mol. The van der Waals surface area contributed by atoms with Crippen molar-refractivity contribution in [2.24, 2.45) is 0 Å². The van der Waals surface area contributed by atoms with Crippen LogP contribution in [0.2, 0.25) is 0 Å². The molecule has 0 nitrogen and oxygen atoms in total. The molecule has 0 bridgehead atoms. The maximum absolute atomic E-state index is 2.48. The van der Waals surface area contributed by atoms with Crippen LogP contribution in [0.1, 0.15) is 25.0 Å². The quantitative estimate of drug-likeness (QED) is 0.209. The Morgan fingerprint density at radius 3 is 1.64 bits per heavy atom. The summed E-state index contributed by atoms with van der Waals surface area (Å²) >= 11 is 0. The van der Waals surface area contributed by atoms with Gasteiger partial charge < -0.3 is 0 Å². The average molecular weight is 497 g/mol. The van der Waals surface area contributed by atoms with Crippen molar-refractivity contribution in [2.45, 2.75) is 19.3 Å². The first kappa shape index (κ1) is 22.3. The smallest absolute Gasteiger partial charge is 0.0159 e. The molecule has 0 unspecified atom stereocenters. The summed E-state index contributed by atoms with van der Waals surface area (Å²) in [6, 6.07) is 49.3. The molecule has 0 spiro atoms. The van der Waals surface area contributed by atoms with E-state index in [4.69, 9.17) is 0 Å². The van der Waals surface area contributed by atoms with E-state index in [1.807, 2.05) is 0 Å². The van der Waals surface area contributed by atoms with Gasteiger partial charge in [0.2, 0.25) is 0 Å². The number of hydrogen-bond donors (Lipinski definition) is 0. The van der Waals surface area contributed by atoms with Crippen molar-refractivity contribution >= 4 is 32.3 Å². The van der Waals surface area contributed by atoms with Gasteiger partial charge in [-0.1, -0.05) is 135 Å². The zero-order valence-electron chi connectivity index (χ0n) is 22.2. The molecule has 0 saturated carbocycles. The topological polar surface area (TPSA) is 0 Å². The summed E-state index contributed by atoms with van der Waals surface area (Å²) in [6.07, 6.45) is 0.